The number of hydrogen-bond acceptors (Lipinski definition) is 3. The molecule has 0 saturated heterocycles. The van der Waals surface area contributed by atoms with Crippen LogP contribution < -0.4 is 5.11 Å². The van der Waals surface area contributed by atoms with Gasteiger partial charge in [0.15, 0.2) is 0 Å². The summed E-state index contributed by atoms with van der Waals surface area (Å²) < 4.78 is 0.830. The largest absolute Gasteiger partial charge is 0.529 e. The number of carboxylic acid groups (broad SMARTS) is 1. The smallest absolute Gasteiger partial charge is 0.209 e. The summed E-state index contributed by atoms with van der Waals surface area (Å²) >= 11 is 5.59. The van der Waals surface area contributed by atoms with E-state index in [1.165, 1.54) is 0 Å². The zero-order chi connectivity index (χ0) is 9.42. The van der Waals surface area contributed by atoms with Crippen molar-refractivity contribution in [3.05, 3.63) is 29.5 Å². The Morgan fingerprint density at radius 3 is 2.85 bits per heavy atom. The Kier molecular flexibility index (Phi) is 1.70. The van der Waals surface area contributed by atoms with Gasteiger partial charge in [-0.1, -0.05) is 12.1 Å². The average molecular weight is 196 g/mol. The number of nitrogens with zero attached hydrogens (tertiary/aromatic N) is 2. The lowest BCUT2D eigenvalue weighted by Gasteiger charge is -2.04. The van der Waals surface area contributed by atoms with Crippen molar-refractivity contribution < 1.29 is 9.90 Å². The molecular weight excluding hydrogens is 192 g/mol. The van der Waals surface area contributed by atoms with E-state index in [2.05, 4.69) is 4.98 Å². The molecule has 4 nitrogen and oxygen atoms in total. The fraction of sp³-hybridized carbons (Fsp3) is 0. The van der Waals surface area contributed by atoms with E-state index in [-0.39, 0.29) is 5.28 Å². The Morgan fingerprint density at radius 1 is 1.46 bits per heavy atom. The molecule has 1 heterocycles. The number of halogens is 1. The van der Waals surface area contributed by atoms with Crippen molar-refractivity contribution in [1.29, 1.82) is 0 Å². The highest BCUT2D eigenvalue weighted by Gasteiger charge is 2.07. The number of carbonyl (C=O) groups is 1. The number of imidazole rings is 1. The summed E-state index contributed by atoms with van der Waals surface area (Å²) in [6.45, 7) is 0. The molecule has 13 heavy (non-hydrogen) atoms. The van der Waals surface area contributed by atoms with Gasteiger partial charge >= 0.3 is 0 Å². The minimum absolute atomic E-state index is 0.0961. The van der Waals surface area contributed by atoms with Crippen molar-refractivity contribution >= 4 is 28.7 Å². The van der Waals surface area contributed by atoms with Crippen molar-refractivity contribution in [2.45, 2.75) is 0 Å². The Hall–Kier alpha value is -1.55. The highest BCUT2D eigenvalue weighted by atomic mass is 35.5. The van der Waals surface area contributed by atoms with Crippen LogP contribution in [-0.4, -0.2) is 15.6 Å². The van der Waals surface area contributed by atoms with Gasteiger partial charge in [0.25, 0.3) is 0 Å². The number of rotatable bonds is 0. The maximum absolute atomic E-state index is 10.6. The Balaban J connectivity index is 2.86. The van der Waals surface area contributed by atoms with Crippen molar-refractivity contribution in [1.82, 2.24) is 9.55 Å². The molecular formula is C8H4ClN2O2-. The number of hydrogen-bond donors (Lipinski definition) is 0. The topological polar surface area (TPSA) is 57.9 Å². The molecule has 1 aromatic heterocycles. The van der Waals surface area contributed by atoms with Crippen LogP contribution >= 0.6 is 11.6 Å². The van der Waals surface area contributed by atoms with Gasteiger partial charge in [0.05, 0.1) is 11.0 Å². The Morgan fingerprint density at radius 2 is 2.15 bits per heavy atom. The van der Waals surface area contributed by atoms with Gasteiger partial charge in [0.1, 0.15) is 6.09 Å². The minimum Gasteiger partial charge on any atom is -0.529 e. The molecule has 0 aliphatic rings. The van der Waals surface area contributed by atoms with E-state index < -0.39 is 6.09 Å². The molecule has 66 valence electrons. The zero-order valence-electron chi connectivity index (χ0n) is 6.40. The first kappa shape index (κ1) is 8.07. The third-order valence-corrected chi connectivity index (χ3v) is 1.96. The predicted octanol–water partition coefficient (Wildman–Crippen LogP) is 0.881. The molecule has 0 saturated carbocycles. The Labute approximate surface area is 78.4 Å². The molecule has 0 unspecified atom stereocenters. The quantitative estimate of drug-likeness (QED) is 0.627. The molecule has 2 rings (SSSR count). The first-order chi connectivity index (χ1) is 6.20. The lowest BCUT2D eigenvalue weighted by atomic mass is 10.3. The van der Waals surface area contributed by atoms with Gasteiger partial charge in [0.2, 0.25) is 5.28 Å². The first-order valence-electron chi connectivity index (χ1n) is 3.54. The highest BCUT2D eigenvalue weighted by molar-refractivity contribution is 6.30. The molecule has 1 aromatic carbocycles. The monoisotopic (exact) mass is 195 g/mol. The molecule has 0 aliphatic carbocycles. The van der Waals surface area contributed by atoms with Gasteiger partial charge in [-0.25, -0.2) is 4.98 Å². The van der Waals surface area contributed by atoms with E-state index >= 15 is 0 Å². The SMILES string of the molecule is O=C([O-])n1c(Cl)nc2ccccc21. The van der Waals surface area contributed by atoms with E-state index in [1.54, 1.807) is 24.3 Å². The summed E-state index contributed by atoms with van der Waals surface area (Å²) in [7, 11) is 0. The fourth-order valence-corrected chi connectivity index (χ4v) is 1.42. The van der Waals surface area contributed by atoms with E-state index in [0.717, 1.165) is 4.57 Å². The van der Waals surface area contributed by atoms with Crippen molar-refractivity contribution in [2.24, 2.45) is 0 Å². The summed E-state index contributed by atoms with van der Waals surface area (Å²) in [6, 6.07) is 6.76. The van der Waals surface area contributed by atoms with Gasteiger partial charge in [-0.3, -0.25) is 4.57 Å². The molecule has 0 aliphatic heterocycles. The van der Waals surface area contributed by atoms with Gasteiger partial charge in [0, 0.05) is 0 Å². The van der Waals surface area contributed by atoms with Crippen LogP contribution in [0.3, 0.4) is 0 Å². The van der Waals surface area contributed by atoms with Crippen LogP contribution in [0.5, 0.6) is 0 Å². The standard InChI is InChI=1S/C8H5ClN2O2/c9-7-10-5-3-1-2-4-6(5)11(7)8(12)13/h1-4H,(H,12,13)/p-1. The van der Waals surface area contributed by atoms with E-state index in [9.17, 15) is 9.90 Å². The molecule has 0 N–H and O–H groups in total. The summed E-state index contributed by atoms with van der Waals surface area (Å²) in [5.74, 6) is 0. The molecule has 0 spiro atoms. The third kappa shape index (κ3) is 1.15. The number of fused-ring (bicyclic) bond motifs is 1. The number of carbonyl (C=O) groups excluding carboxylic acids is 1. The summed E-state index contributed by atoms with van der Waals surface area (Å²) in [5.41, 5.74) is 0.976. The summed E-state index contributed by atoms with van der Waals surface area (Å²) in [6.07, 6.45) is -1.38. The van der Waals surface area contributed by atoms with Gasteiger partial charge in [-0.2, -0.15) is 0 Å². The maximum atomic E-state index is 10.6. The van der Waals surface area contributed by atoms with Crippen molar-refractivity contribution in [3.63, 3.8) is 0 Å². The van der Waals surface area contributed by atoms with Gasteiger partial charge in [-0.05, 0) is 23.7 Å². The van der Waals surface area contributed by atoms with Crippen LogP contribution in [0.1, 0.15) is 0 Å². The van der Waals surface area contributed by atoms with Crippen LogP contribution in [0.25, 0.3) is 11.0 Å². The zero-order valence-corrected chi connectivity index (χ0v) is 7.15. The van der Waals surface area contributed by atoms with Crippen LogP contribution in [-0.2, 0) is 0 Å². The molecule has 5 heteroatoms. The number of para-hydroxylation sites is 2. The molecule has 0 fully saturated rings. The van der Waals surface area contributed by atoms with E-state index in [4.69, 9.17) is 11.6 Å². The third-order valence-electron chi connectivity index (χ3n) is 1.70. The lowest BCUT2D eigenvalue weighted by molar-refractivity contribution is -0.249. The van der Waals surface area contributed by atoms with Crippen LogP contribution in [0, 0.1) is 0 Å². The molecule has 0 bridgehead atoms. The van der Waals surface area contributed by atoms with Crippen LogP contribution in [0.4, 0.5) is 4.79 Å². The first-order valence-corrected chi connectivity index (χ1v) is 3.92. The highest BCUT2D eigenvalue weighted by Crippen LogP contribution is 2.18. The summed E-state index contributed by atoms with van der Waals surface area (Å²) in [4.78, 5) is 14.5. The van der Waals surface area contributed by atoms with Gasteiger partial charge in [-0.15, -0.1) is 0 Å². The predicted molar refractivity (Wildman–Crippen MR) is 45.5 cm³/mol. The lowest BCUT2D eigenvalue weighted by Crippen LogP contribution is -2.28. The van der Waals surface area contributed by atoms with Crippen molar-refractivity contribution in [3.8, 4) is 0 Å². The van der Waals surface area contributed by atoms with E-state index in [1.807, 2.05) is 0 Å². The second kappa shape index (κ2) is 2.74. The van der Waals surface area contributed by atoms with Crippen LogP contribution in [0.2, 0.25) is 5.28 Å². The number of benzene rings is 1. The molecule has 0 amide bonds. The maximum Gasteiger partial charge on any atom is 0.209 e. The van der Waals surface area contributed by atoms with Gasteiger partial charge < -0.3 is 9.90 Å². The number of aromatic nitrogens is 2. The molecule has 2 aromatic rings. The van der Waals surface area contributed by atoms with Crippen molar-refractivity contribution in [2.75, 3.05) is 0 Å². The fourth-order valence-electron chi connectivity index (χ4n) is 1.17. The summed E-state index contributed by atoms with van der Waals surface area (Å²) in [5, 5.41) is 10.5. The second-order valence-corrected chi connectivity index (χ2v) is 2.81. The van der Waals surface area contributed by atoms with Crippen LogP contribution in [0.15, 0.2) is 24.3 Å². The normalized spacial score (nSPS) is 10.5. The second-order valence-electron chi connectivity index (χ2n) is 2.47. The van der Waals surface area contributed by atoms with E-state index in [0.29, 0.717) is 11.0 Å². The minimum atomic E-state index is -1.38. The average Bonchev–Trinajstić information content (AvgIpc) is 2.39. The molecule has 0 radical (unpaired) electrons. The molecule has 0 atom stereocenters. The Bertz CT molecular complexity index is 478.